The Morgan fingerprint density at radius 1 is 1.29 bits per heavy atom. The maximum absolute atomic E-state index is 14.1. The van der Waals surface area contributed by atoms with E-state index in [1.54, 1.807) is 6.07 Å². The molecule has 1 aromatic rings. The third-order valence-electron chi connectivity index (χ3n) is 4.38. The molecule has 21 heavy (non-hydrogen) atoms. The standard InChI is InChI=1S/C18H29FN2/c1-13(2)18-6-5-9-21(18)12-16-10-15(7-8-17(16)19)11-20-14(3)4/h7-8,10,13-14,18,20H,5-6,9,11-12H2,1-4H3. The second-order valence-electron chi connectivity index (χ2n) is 6.89. The van der Waals surface area contributed by atoms with E-state index in [1.165, 1.54) is 18.4 Å². The molecular formula is C18H29FN2. The average Bonchev–Trinajstić information content (AvgIpc) is 2.88. The van der Waals surface area contributed by atoms with Crippen molar-refractivity contribution in [2.45, 2.75) is 65.7 Å². The van der Waals surface area contributed by atoms with Crippen LogP contribution in [-0.2, 0) is 13.1 Å². The largest absolute Gasteiger partial charge is 0.310 e. The molecule has 3 heteroatoms. The van der Waals surface area contributed by atoms with E-state index in [4.69, 9.17) is 0 Å². The van der Waals surface area contributed by atoms with Gasteiger partial charge < -0.3 is 5.32 Å². The predicted molar refractivity (Wildman–Crippen MR) is 86.6 cm³/mol. The van der Waals surface area contributed by atoms with Gasteiger partial charge >= 0.3 is 0 Å². The molecule has 1 N–H and O–H groups in total. The van der Waals surface area contributed by atoms with Crippen molar-refractivity contribution in [3.63, 3.8) is 0 Å². The maximum Gasteiger partial charge on any atom is 0.127 e. The fraction of sp³-hybridized carbons (Fsp3) is 0.667. The third-order valence-corrected chi connectivity index (χ3v) is 4.38. The molecule has 0 spiro atoms. The van der Waals surface area contributed by atoms with Gasteiger partial charge in [0.25, 0.3) is 0 Å². The second-order valence-corrected chi connectivity index (χ2v) is 6.89. The Labute approximate surface area is 128 Å². The molecule has 118 valence electrons. The van der Waals surface area contributed by atoms with Crippen molar-refractivity contribution in [3.05, 3.63) is 35.1 Å². The molecule has 1 unspecified atom stereocenters. The highest BCUT2D eigenvalue weighted by Gasteiger charge is 2.27. The average molecular weight is 292 g/mol. The highest BCUT2D eigenvalue weighted by Crippen LogP contribution is 2.26. The number of nitrogens with one attached hydrogen (secondary N) is 1. The summed E-state index contributed by atoms with van der Waals surface area (Å²) in [5, 5.41) is 3.39. The number of hydrogen-bond acceptors (Lipinski definition) is 2. The molecule has 2 rings (SSSR count). The lowest BCUT2D eigenvalue weighted by Crippen LogP contribution is -2.33. The van der Waals surface area contributed by atoms with Crippen molar-refractivity contribution in [2.24, 2.45) is 5.92 Å². The first-order valence-electron chi connectivity index (χ1n) is 8.22. The Bertz CT molecular complexity index is 457. The van der Waals surface area contributed by atoms with E-state index in [-0.39, 0.29) is 5.82 Å². The molecule has 1 aliphatic heterocycles. The number of benzene rings is 1. The highest BCUT2D eigenvalue weighted by atomic mass is 19.1. The van der Waals surface area contributed by atoms with Crippen LogP contribution in [0.2, 0.25) is 0 Å². The highest BCUT2D eigenvalue weighted by molar-refractivity contribution is 5.25. The summed E-state index contributed by atoms with van der Waals surface area (Å²) >= 11 is 0. The summed E-state index contributed by atoms with van der Waals surface area (Å²) in [6, 6.07) is 6.58. The van der Waals surface area contributed by atoms with Crippen molar-refractivity contribution in [2.75, 3.05) is 6.54 Å². The van der Waals surface area contributed by atoms with Crippen molar-refractivity contribution in [1.29, 1.82) is 0 Å². The molecule has 0 aromatic heterocycles. The van der Waals surface area contributed by atoms with Gasteiger partial charge in [0, 0.05) is 30.7 Å². The van der Waals surface area contributed by atoms with Gasteiger partial charge in [0.15, 0.2) is 0 Å². The third kappa shape index (κ3) is 4.52. The van der Waals surface area contributed by atoms with Gasteiger partial charge in [-0.25, -0.2) is 4.39 Å². The van der Waals surface area contributed by atoms with Crippen LogP contribution >= 0.6 is 0 Å². The van der Waals surface area contributed by atoms with E-state index < -0.39 is 0 Å². The number of likely N-dealkylation sites (tertiary alicyclic amines) is 1. The smallest absolute Gasteiger partial charge is 0.127 e. The first-order chi connectivity index (χ1) is 9.97. The molecule has 2 nitrogen and oxygen atoms in total. The maximum atomic E-state index is 14.1. The first-order valence-corrected chi connectivity index (χ1v) is 8.22. The molecule has 0 aliphatic carbocycles. The quantitative estimate of drug-likeness (QED) is 0.854. The van der Waals surface area contributed by atoms with Gasteiger partial charge in [0.2, 0.25) is 0 Å². The monoisotopic (exact) mass is 292 g/mol. The molecule has 0 bridgehead atoms. The Morgan fingerprint density at radius 2 is 2.05 bits per heavy atom. The van der Waals surface area contributed by atoms with Gasteiger partial charge in [0.1, 0.15) is 5.82 Å². The van der Waals surface area contributed by atoms with E-state index in [1.807, 2.05) is 12.1 Å². The normalized spacial score (nSPS) is 19.9. The van der Waals surface area contributed by atoms with Crippen LogP contribution in [0.25, 0.3) is 0 Å². The second kappa shape index (κ2) is 7.37. The van der Waals surface area contributed by atoms with Crippen LogP contribution in [0.15, 0.2) is 18.2 Å². The molecular weight excluding hydrogens is 263 g/mol. The number of hydrogen-bond donors (Lipinski definition) is 1. The molecule has 1 heterocycles. The SMILES string of the molecule is CC(C)NCc1ccc(F)c(CN2CCCC2C(C)C)c1. The summed E-state index contributed by atoms with van der Waals surface area (Å²) in [5.41, 5.74) is 2.01. The number of halogens is 1. The molecule has 1 atom stereocenters. The van der Waals surface area contributed by atoms with Crippen LogP contribution in [0, 0.1) is 11.7 Å². The van der Waals surface area contributed by atoms with Gasteiger partial charge in [-0.3, -0.25) is 4.90 Å². The number of nitrogens with zero attached hydrogens (tertiary/aromatic N) is 1. The summed E-state index contributed by atoms with van der Waals surface area (Å²) in [6.45, 7) is 11.4. The van der Waals surface area contributed by atoms with Gasteiger partial charge in [-0.05, 0) is 36.9 Å². The van der Waals surface area contributed by atoms with E-state index in [0.29, 0.717) is 18.0 Å². The van der Waals surface area contributed by atoms with Gasteiger partial charge in [-0.1, -0.05) is 39.8 Å². The van der Waals surface area contributed by atoms with Crippen molar-refractivity contribution >= 4 is 0 Å². The van der Waals surface area contributed by atoms with Crippen LogP contribution in [0.4, 0.5) is 4.39 Å². The zero-order valence-corrected chi connectivity index (χ0v) is 13.8. The molecule has 1 saturated heterocycles. The van der Waals surface area contributed by atoms with E-state index in [0.717, 1.165) is 25.2 Å². The summed E-state index contributed by atoms with van der Waals surface area (Å²) in [7, 11) is 0. The molecule has 1 aromatic carbocycles. The van der Waals surface area contributed by atoms with Crippen molar-refractivity contribution in [3.8, 4) is 0 Å². The van der Waals surface area contributed by atoms with Crippen molar-refractivity contribution in [1.82, 2.24) is 10.2 Å². The number of rotatable bonds is 6. The fourth-order valence-electron chi connectivity index (χ4n) is 3.20. The molecule has 0 amide bonds. The minimum Gasteiger partial charge on any atom is -0.310 e. The Balaban J connectivity index is 2.06. The van der Waals surface area contributed by atoms with Gasteiger partial charge in [-0.2, -0.15) is 0 Å². The summed E-state index contributed by atoms with van der Waals surface area (Å²) in [6.07, 6.45) is 2.48. The molecule has 0 radical (unpaired) electrons. The summed E-state index contributed by atoms with van der Waals surface area (Å²) < 4.78 is 14.1. The first kappa shape index (κ1) is 16.4. The van der Waals surface area contributed by atoms with E-state index in [2.05, 4.69) is 37.9 Å². The van der Waals surface area contributed by atoms with Gasteiger partial charge in [0.05, 0.1) is 0 Å². The van der Waals surface area contributed by atoms with Gasteiger partial charge in [-0.15, -0.1) is 0 Å². The Hall–Kier alpha value is -0.930. The van der Waals surface area contributed by atoms with Crippen LogP contribution in [0.1, 0.15) is 51.7 Å². The Kier molecular flexibility index (Phi) is 5.77. The van der Waals surface area contributed by atoms with Crippen LogP contribution < -0.4 is 5.32 Å². The van der Waals surface area contributed by atoms with E-state index in [9.17, 15) is 4.39 Å². The fourth-order valence-corrected chi connectivity index (χ4v) is 3.20. The molecule has 0 saturated carbocycles. The van der Waals surface area contributed by atoms with Crippen molar-refractivity contribution < 1.29 is 4.39 Å². The van der Waals surface area contributed by atoms with E-state index >= 15 is 0 Å². The predicted octanol–water partition coefficient (Wildman–Crippen LogP) is 3.94. The lowest BCUT2D eigenvalue weighted by atomic mass is 10.0. The summed E-state index contributed by atoms with van der Waals surface area (Å²) in [4.78, 5) is 2.45. The minimum atomic E-state index is -0.0716. The molecule has 1 fully saturated rings. The zero-order chi connectivity index (χ0) is 15.4. The zero-order valence-electron chi connectivity index (χ0n) is 13.8. The summed E-state index contributed by atoms with van der Waals surface area (Å²) in [5.74, 6) is 0.569. The molecule has 1 aliphatic rings. The lowest BCUT2D eigenvalue weighted by Gasteiger charge is -2.27. The van der Waals surface area contributed by atoms with Crippen LogP contribution in [0.5, 0.6) is 0 Å². The Morgan fingerprint density at radius 3 is 2.71 bits per heavy atom. The van der Waals surface area contributed by atoms with Crippen LogP contribution in [0.3, 0.4) is 0 Å². The minimum absolute atomic E-state index is 0.0716. The topological polar surface area (TPSA) is 15.3 Å². The van der Waals surface area contributed by atoms with Crippen LogP contribution in [-0.4, -0.2) is 23.5 Å². The lowest BCUT2D eigenvalue weighted by molar-refractivity contribution is 0.196.